The molecule has 1 aromatic carbocycles. The Morgan fingerprint density at radius 2 is 2.26 bits per heavy atom. The Kier molecular flexibility index (Phi) is 3.60. The summed E-state index contributed by atoms with van der Waals surface area (Å²) in [5.41, 5.74) is 0.0254. The monoisotopic (exact) mass is 257 g/mol. The molecule has 0 amide bonds. The third-order valence-electron chi connectivity index (χ3n) is 3.85. The Bertz CT molecular complexity index is 614. The van der Waals surface area contributed by atoms with Crippen molar-refractivity contribution < 1.29 is 0 Å². The van der Waals surface area contributed by atoms with Gasteiger partial charge in [0.25, 0.3) is 5.56 Å². The summed E-state index contributed by atoms with van der Waals surface area (Å²) in [5.74, 6) is 0. The van der Waals surface area contributed by atoms with Crippen LogP contribution in [0.2, 0.25) is 0 Å². The van der Waals surface area contributed by atoms with Crippen LogP contribution < -0.4 is 10.9 Å². The van der Waals surface area contributed by atoms with Crippen LogP contribution in [0.4, 0.5) is 0 Å². The molecule has 0 radical (unpaired) electrons. The highest BCUT2D eigenvalue weighted by molar-refractivity contribution is 5.80. The van der Waals surface area contributed by atoms with Crippen LogP contribution in [-0.4, -0.2) is 22.4 Å². The van der Waals surface area contributed by atoms with Crippen LogP contribution in [0.1, 0.15) is 25.7 Å². The van der Waals surface area contributed by atoms with Crippen molar-refractivity contribution in [2.24, 2.45) is 0 Å². The molecule has 100 valence electrons. The molecule has 1 N–H and O–H groups in total. The summed E-state index contributed by atoms with van der Waals surface area (Å²) in [6.07, 6.45) is 6.45. The number of nitrogens with one attached hydrogen (secondary N) is 1. The van der Waals surface area contributed by atoms with Crippen molar-refractivity contribution in [3.05, 3.63) is 40.8 Å². The Hall–Kier alpha value is -1.68. The number of fused-ring (bicyclic) bond motifs is 1. The van der Waals surface area contributed by atoms with Gasteiger partial charge in [-0.15, -0.1) is 0 Å². The number of hydrogen-bond acceptors (Lipinski definition) is 3. The third-order valence-corrected chi connectivity index (χ3v) is 3.85. The summed E-state index contributed by atoms with van der Waals surface area (Å²) < 4.78 is 1.59. The van der Waals surface area contributed by atoms with E-state index in [9.17, 15) is 4.79 Å². The first kappa shape index (κ1) is 12.4. The van der Waals surface area contributed by atoms with Crippen molar-refractivity contribution in [1.29, 1.82) is 0 Å². The number of nitrogens with zero attached hydrogens (tertiary/aromatic N) is 2. The lowest BCUT2D eigenvalue weighted by atomic mass is 10.1. The molecule has 2 heterocycles. The number of rotatable bonds is 4. The summed E-state index contributed by atoms with van der Waals surface area (Å²) in [4.78, 5) is 12.2. The van der Waals surface area contributed by atoms with Gasteiger partial charge in [0.1, 0.15) is 0 Å². The molecule has 1 atom stereocenters. The van der Waals surface area contributed by atoms with E-state index in [0.717, 1.165) is 30.2 Å². The number of aryl methyl sites for hydroxylation is 1. The lowest BCUT2D eigenvalue weighted by Gasteiger charge is -2.10. The van der Waals surface area contributed by atoms with Gasteiger partial charge in [-0.2, -0.15) is 5.10 Å². The molecule has 2 aromatic rings. The summed E-state index contributed by atoms with van der Waals surface area (Å²) in [5, 5.41) is 9.41. The molecule has 0 aliphatic carbocycles. The van der Waals surface area contributed by atoms with E-state index in [1.807, 2.05) is 24.3 Å². The molecule has 19 heavy (non-hydrogen) atoms. The van der Waals surface area contributed by atoms with E-state index in [1.165, 1.54) is 12.8 Å². The van der Waals surface area contributed by atoms with Crippen molar-refractivity contribution in [3.8, 4) is 0 Å². The quantitative estimate of drug-likeness (QED) is 0.910. The minimum absolute atomic E-state index is 0.0254. The molecular weight excluding hydrogens is 238 g/mol. The van der Waals surface area contributed by atoms with Crippen molar-refractivity contribution in [2.75, 3.05) is 6.54 Å². The second-order valence-corrected chi connectivity index (χ2v) is 5.20. The van der Waals surface area contributed by atoms with E-state index in [0.29, 0.717) is 12.6 Å². The van der Waals surface area contributed by atoms with E-state index in [1.54, 1.807) is 10.9 Å². The first-order valence-corrected chi connectivity index (χ1v) is 7.03. The maximum atomic E-state index is 12.2. The molecule has 1 aliphatic rings. The van der Waals surface area contributed by atoms with Gasteiger partial charge >= 0.3 is 0 Å². The number of aromatic nitrogens is 2. The highest BCUT2D eigenvalue weighted by Crippen LogP contribution is 2.11. The molecule has 4 nitrogen and oxygen atoms in total. The Morgan fingerprint density at radius 1 is 1.37 bits per heavy atom. The van der Waals surface area contributed by atoms with Gasteiger partial charge in [0.05, 0.1) is 11.6 Å². The fourth-order valence-electron chi connectivity index (χ4n) is 2.78. The third kappa shape index (κ3) is 2.68. The maximum absolute atomic E-state index is 12.2. The van der Waals surface area contributed by atoms with Crippen LogP contribution in [0.5, 0.6) is 0 Å². The molecule has 1 saturated heterocycles. The molecule has 0 bridgehead atoms. The van der Waals surface area contributed by atoms with Crippen molar-refractivity contribution >= 4 is 10.8 Å². The van der Waals surface area contributed by atoms with Crippen molar-refractivity contribution in [1.82, 2.24) is 15.1 Å². The molecular formula is C15H19N3O. The zero-order valence-corrected chi connectivity index (χ0v) is 11.0. The molecule has 0 saturated carbocycles. The standard InChI is InChI=1S/C15H19N3O/c19-15-14-8-2-1-5-12(14)11-17-18(15)10-4-7-13-6-3-9-16-13/h1-2,5,8,11,13,16H,3-4,6-7,9-10H2. The smallest absolute Gasteiger partial charge is 0.274 e. The molecule has 1 unspecified atom stereocenters. The Morgan fingerprint density at radius 3 is 3.11 bits per heavy atom. The molecule has 1 fully saturated rings. The van der Waals surface area contributed by atoms with Gasteiger partial charge in [-0.25, -0.2) is 4.68 Å². The van der Waals surface area contributed by atoms with Gasteiger partial charge in [-0.3, -0.25) is 4.79 Å². The van der Waals surface area contributed by atoms with E-state index >= 15 is 0 Å². The summed E-state index contributed by atoms with van der Waals surface area (Å²) in [6, 6.07) is 8.26. The highest BCUT2D eigenvalue weighted by Gasteiger charge is 2.13. The predicted octanol–water partition coefficient (Wildman–Crippen LogP) is 1.93. The maximum Gasteiger partial charge on any atom is 0.274 e. The zero-order chi connectivity index (χ0) is 13.1. The van der Waals surface area contributed by atoms with Gasteiger partial charge in [0.15, 0.2) is 0 Å². The largest absolute Gasteiger partial charge is 0.314 e. The minimum atomic E-state index is 0.0254. The average molecular weight is 257 g/mol. The van der Waals surface area contributed by atoms with Gasteiger partial charge in [-0.05, 0) is 38.3 Å². The van der Waals surface area contributed by atoms with Crippen molar-refractivity contribution in [2.45, 2.75) is 38.3 Å². The fourth-order valence-corrected chi connectivity index (χ4v) is 2.78. The van der Waals surface area contributed by atoms with Gasteiger partial charge < -0.3 is 5.32 Å². The van der Waals surface area contributed by atoms with Crippen LogP contribution in [0, 0.1) is 0 Å². The van der Waals surface area contributed by atoms with Crippen LogP contribution in [0.25, 0.3) is 10.8 Å². The van der Waals surface area contributed by atoms with Crippen LogP contribution in [0.15, 0.2) is 35.3 Å². The average Bonchev–Trinajstić information content (AvgIpc) is 2.95. The highest BCUT2D eigenvalue weighted by atomic mass is 16.1. The molecule has 4 heteroatoms. The SMILES string of the molecule is O=c1c2ccccc2cnn1CCCC1CCCN1. The fraction of sp³-hybridized carbons (Fsp3) is 0.467. The zero-order valence-electron chi connectivity index (χ0n) is 11.0. The van der Waals surface area contributed by atoms with E-state index in [-0.39, 0.29) is 5.56 Å². The summed E-state index contributed by atoms with van der Waals surface area (Å²) >= 11 is 0. The second kappa shape index (κ2) is 5.53. The van der Waals surface area contributed by atoms with E-state index in [2.05, 4.69) is 10.4 Å². The first-order valence-electron chi connectivity index (χ1n) is 7.03. The molecule has 0 spiro atoms. The lowest BCUT2D eigenvalue weighted by Crippen LogP contribution is -2.25. The van der Waals surface area contributed by atoms with Crippen LogP contribution >= 0.6 is 0 Å². The van der Waals surface area contributed by atoms with Crippen molar-refractivity contribution in [3.63, 3.8) is 0 Å². The lowest BCUT2D eigenvalue weighted by molar-refractivity contribution is 0.475. The normalized spacial score (nSPS) is 19.1. The molecule has 1 aliphatic heterocycles. The minimum Gasteiger partial charge on any atom is -0.314 e. The summed E-state index contributed by atoms with van der Waals surface area (Å²) in [7, 11) is 0. The number of benzene rings is 1. The number of hydrogen-bond donors (Lipinski definition) is 1. The van der Waals surface area contributed by atoms with Crippen LogP contribution in [-0.2, 0) is 6.54 Å². The van der Waals surface area contributed by atoms with Gasteiger partial charge in [0.2, 0.25) is 0 Å². The van der Waals surface area contributed by atoms with Crippen LogP contribution in [0.3, 0.4) is 0 Å². The van der Waals surface area contributed by atoms with Gasteiger partial charge in [0, 0.05) is 18.0 Å². The van der Waals surface area contributed by atoms with E-state index < -0.39 is 0 Å². The Labute approximate surface area is 112 Å². The predicted molar refractivity (Wildman–Crippen MR) is 76.3 cm³/mol. The first-order chi connectivity index (χ1) is 9.34. The summed E-state index contributed by atoms with van der Waals surface area (Å²) in [6.45, 7) is 1.85. The molecule has 3 rings (SSSR count). The van der Waals surface area contributed by atoms with Gasteiger partial charge in [-0.1, -0.05) is 18.2 Å². The van der Waals surface area contributed by atoms with E-state index in [4.69, 9.17) is 0 Å². The Balaban J connectivity index is 1.70. The topological polar surface area (TPSA) is 46.9 Å². The second-order valence-electron chi connectivity index (χ2n) is 5.20. The molecule has 1 aromatic heterocycles.